The minimum atomic E-state index is -3.94. The zero-order valence-electron chi connectivity index (χ0n) is 15.3. The Kier molecular flexibility index (Phi) is 6.00. The van der Waals surface area contributed by atoms with Gasteiger partial charge < -0.3 is 5.32 Å². The molecule has 0 atom stereocenters. The van der Waals surface area contributed by atoms with Crippen molar-refractivity contribution in [3.05, 3.63) is 88.9 Å². The molecule has 0 aromatic heterocycles. The van der Waals surface area contributed by atoms with E-state index < -0.39 is 15.9 Å². The number of carbonyl (C=O) groups is 2. The van der Waals surface area contributed by atoms with E-state index in [2.05, 4.69) is 10.0 Å². The second kappa shape index (κ2) is 8.46. The highest BCUT2D eigenvalue weighted by molar-refractivity contribution is 7.92. The van der Waals surface area contributed by atoms with E-state index in [1.54, 1.807) is 48.5 Å². The lowest BCUT2D eigenvalue weighted by Crippen LogP contribution is -2.16. The van der Waals surface area contributed by atoms with Gasteiger partial charge in [-0.25, -0.2) is 8.42 Å². The van der Waals surface area contributed by atoms with Crippen molar-refractivity contribution in [1.29, 1.82) is 0 Å². The lowest BCUT2D eigenvalue weighted by molar-refractivity contribution is 0.101. The van der Waals surface area contributed by atoms with Gasteiger partial charge in [-0.15, -0.1) is 0 Å². The third kappa shape index (κ3) is 5.01. The van der Waals surface area contributed by atoms with Crippen LogP contribution in [0.3, 0.4) is 0 Å². The molecule has 0 saturated carbocycles. The van der Waals surface area contributed by atoms with Crippen LogP contribution in [0, 0.1) is 0 Å². The number of carbonyl (C=O) groups excluding carboxylic acids is 2. The normalized spacial score (nSPS) is 11.0. The second-order valence-electron chi connectivity index (χ2n) is 6.20. The van der Waals surface area contributed by atoms with E-state index in [0.717, 1.165) is 0 Å². The number of para-hydroxylation sites is 1. The summed E-state index contributed by atoms with van der Waals surface area (Å²) in [6.07, 6.45) is 0. The van der Waals surface area contributed by atoms with Gasteiger partial charge in [0.1, 0.15) is 0 Å². The Labute approximate surface area is 173 Å². The summed E-state index contributed by atoms with van der Waals surface area (Å²) in [6.45, 7) is 1.43. The lowest BCUT2D eigenvalue weighted by Gasteiger charge is -2.11. The predicted molar refractivity (Wildman–Crippen MR) is 113 cm³/mol. The highest BCUT2D eigenvalue weighted by Gasteiger charge is 2.18. The van der Waals surface area contributed by atoms with Crippen LogP contribution in [0.4, 0.5) is 11.4 Å². The van der Waals surface area contributed by atoms with Crippen LogP contribution in [0.15, 0.2) is 77.7 Å². The monoisotopic (exact) mass is 428 g/mol. The SMILES string of the molecule is CC(=O)c1cccc(NC(=O)c2cccc(S(=O)(=O)Nc3ccccc3Cl)c2)c1. The minimum absolute atomic E-state index is 0.0810. The Morgan fingerprint density at radius 3 is 2.28 bits per heavy atom. The Bertz CT molecular complexity index is 1190. The van der Waals surface area contributed by atoms with Gasteiger partial charge in [0.15, 0.2) is 5.78 Å². The predicted octanol–water partition coefficient (Wildman–Crippen LogP) is 4.60. The van der Waals surface area contributed by atoms with Crippen LogP contribution in [0.1, 0.15) is 27.6 Å². The maximum Gasteiger partial charge on any atom is 0.261 e. The number of nitrogens with one attached hydrogen (secondary N) is 2. The Morgan fingerprint density at radius 2 is 1.55 bits per heavy atom. The number of hydrogen-bond acceptors (Lipinski definition) is 4. The highest BCUT2D eigenvalue weighted by Crippen LogP contribution is 2.24. The first-order valence-electron chi connectivity index (χ1n) is 8.56. The molecule has 0 bridgehead atoms. The van der Waals surface area contributed by atoms with Crippen LogP contribution in [0.5, 0.6) is 0 Å². The number of ketones is 1. The molecule has 1 amide bonds. The molecule has 148 valence electrons. The molecule has 2 N–H and O–H groups in total. The average Bonchev–Trinajstić information content (AvgIpc) is 2.70. The standard InChI is InChI=1S/C21H17ClN2O4S/c1-14(25)15-6-4-8-17(12-15)23-21(26)16-7-5-9-18(13-16)29(27,28)24-20-11-3-2-10-19(20)22/h2-13,24H,1H3,(H,23,26). The number of Topliss-reactive ketones (excluding diaryl/α,β-unsaturated/α-hetero) is 1. The van der Waals surface area contributed by atoms with Gasteiger partial charge in [-0.05, 0) is 49.4 Å². The van der Waals surface area contributed by atoms with E-state index >= 15 is 0 Å². The molecule has 29 heavy (non-hydrogen) atoms. The van der Waals surface area contributed by atoms with Crippen molar-refractivity contribution in [2.45, 2.75) is 11.8 Å². The summed E-state index contributed by atoms with van der Waals surface area (Å²) in [5, 5.41) is 2.92. The summed E-state index contributed by atoms with van der Waals surface area (Å²) in [4.78, 5) is 24.0. The fourth-order valence-electron chi connectivity index (χ4n) is 2.57. The summed E-state index contributed by atoms with van der Waals surface area (Å²) >= 11 is 6.01. The third-order valence-corrected chi connectivity index (χ3v) is 5.74. The van der Waals surface area contributed by atoms with Crippen LogP contribution < -0.4 is 10.0 Å². The molecule has 0 heterocycles. The molecule has 0 spiro atoms. The first-order valence-corrected chi connectivity index (χ1v) is 10.4. The molecule has 0 aliphatic heterocycles. The van der Waals surface area contributed by atoms with Crippen LogP contribution in [-0.4, -0.2) is 20.1 Å². The molecule has 0 aliphatic carbocycles. The third-order valence-electron chi connectivity index (χ3n) is 4.05. The number of rotatable bonds is 6. The van der Waals surface area contributed by atoms with Crippen molar-refractivity contribution in [3.8, 4) is 0 Å². The van der Waals surface area contributed by atoms with Gasteiger partial charge >= 0.3 is 0 Å². The number of anilines is 2. The average molecular weight is 429 g/mol. The summed E-state index contributed by atoms with van der Waals surface area (Å²) in [5.74, 6) is -0.625. The molecule has 0 unspecified atom stereocenters. The summed E-state index contributed by atoms with van der Waals surface area (Å²) in [6, 6.07) is 18.6. The van der Waals surface area contributed by atoms with Crippen molar-refractivity contribution in [3.63, 3.8) is 0 Å². The molecule has 0 saturated heterocycles. The van der Waals surface area contributed by atoms with Crippen molar-refractivity contribution in [2.24, 2.45) is 0 Å². The lowest BCUT2D eigenvalue weighted by atomic mass is 10.1. The van der Waals surface area contributed by atoms with Gasteiger partial charge in [0.05, 0.1) is 15.6 Å². The molecule has 3 aromatic carbocycles. The number of amides is 1. The van der Waals surface area contributed by atoms with Crippen molar-refractivity contribution < 1.29 is 18.0 Å². The minimum Gasteiger partial charge on any atom is -0.322 e. The molecule has 3 aromatic rings. The topological polar surface area (TPSA) is 92.3 Å². The van der Waals surface area contributed by atoms with Crippen LogP contribution in [0.2, 0.25) is 5.02 Å². The van der Waals surface area contributed by atoms with E-state index in [1.165, 1.54) is 31.2 Å². The number of hydrogen-bond donors (Lipinski definition) is 2. The zero-order valence-corrected chi connectivity index (χ0v) is 16.9. The molecule has 3 rings (SSSR count). The van der Waals surface area contributed by atoms with Crippen molar-refractivity contribution >= 4 is 44.7 Å². The molecule has 8 heteroatoms. The molecule has 0 aliphatic rings. The number of benzene rings is 3. The zero-order chi connectivity index (χ0) is 21.0. The summed E-state index contributed by atoms with van der Waals surface area (Å²) in [7, 11) is -3.94. The van der Waals surface area contributed by atoms with Gasteiger partial charge in [0.2, 0.25) is 0 Å². The fraction of sp³-hybridized carbons (Fsp3) is 0.0476. The van der Waals surface area contributed by atoms with Gasteiger partial charge in [-0.2, -0.15) is 0 Å². The first-order chi connectivity index (χ1) is 13.8. The maximum absolute atomic E-state index is 12.7. The van der Waals surface area contributed by atoms with Gasteiger partial charge in [-0.1, -0.05) is 41.9 Å². The first kappa shape index (κ1) is 20.6. The number of sulfonamides is 1. The van der Waals surface area contributed by atoms with E-state index in [9.17, 15) is 18.0 Å². The summed E-state index contributed by atoms with van der Waals surface area (Å²) < 4.78 is 27.7. The van der Waals surface area contributed by atoms with Gasteiger partial charge in [-0.3, -0.25) is 14.3 Å². The van der Waals surface area contributed by atoms with E-state index in [4.69, 9.17) is 11.6 Å². The summed E-state index contributed by atoms with van der Waals surface area (Å²) in [5.41, 5.74) is 1.29. The highest BCUT2D eigenvalue weighted by atomic mass is 35.5. The Morgan fingerprint density at radius 1 is 0.862 bits per heavy atom. The molecule has 0 fully saturated rings. The number of halogens is 1. The smallest absolute Gasteiger partial charge is 0.261 e. The fourth-order valence-corrected chi connectivity index (χ4v) is 3.94. The van der Waals surface area contributed by atoms with Crippen LogP contribution >= 0.6 is 11.6 Å². The quantitative estimate of drug-likeness (QED) is 0.561. The molecule has 6 nitrogen and oxygen atoms in total. The largest absolute Gasteiger partial charge is 0.322 e. The van der Waals surface area contributed by atoms with E-state index in [-0.39, 0.29) is 27.0 Å². The molecule has 0 radical (unpaired) electrons. The molecular formula is C21H17ClN2O4S. The van der Waals surface area contributed by atoms with Crippen molar-refractivity contribution in [2.75, 3.05) is 10.0 Å². The van der Waals surface area contributed by atoms with E-state index in [1.807, 2.05) is 0 Å². The Hall–Kier alpha value is -3.16. The maximum atomic E-state index is 12.7. The second-order valence-corrected chi connectivity index (χ2v) is 8.29. The Balaban J connectivity index is 1.83. The van der Waals surface area contributed by atoms with E-state index in [0.29, 0.717) is 11.3 Å². The molecular weight excluding hydrogens is 412 g/mol. The van der Waals surface area contributed by atoms with Gasteiger partial charge in [0, 0.05) is 16.8 Å². The van der Waals surface area contributed by atoms with Crippen LogP contribution in [0.25, 0.3) is 0 Å². The van der Waals surface area contributed by atoms with Crippen molar-refractivity contribution in [1.82, 2.24) is 0 Å². The van der Waals surface area contributed by atoms with Gasteiger partial charge in [0.25, 0.3) is 15.9 Å². The van der Waals surface area contributed by atoms with Crippen LogP contribution in [-0.2, 0) is 10.0 Å².